The van der Waals surface area contributed by atoms with Crippen molar-refractivity contribution < 1.29 is 0 Å². The fraction of sp³-hybridized carbons (Fsp3) is 0.250. The molecule has 2 rings (SSSR count). The molecule has 0 radical (unpaired) electrons. The summed E-state index contributed by atoms with van der Waals surface area (Å²) in [6, 6.07) is 1.87. The second kappa shape index (κ2) is 5.63. The lowest BCUT2D eigenvalue weighted by atomic mass is 10.4. The summed E-state index contributed by atoms with van der Waals surface area (Å²) < 4.78 is 3.49. The van der Waals surface area contributed by atoms with Gasteiger partial charge in [-0.15, -0.1) is 24.8 Å². The number of rotatable bonds is 2. The molecule has 0 unspecified atom stereocenters. The van der Waals surface area contributed by atoms with E-state index in [0.29, 0.717) is 12.2 Å². The van der Waals surface area contributed by atoms with Crippen LogP contribution in [0.25, 0.3) is 0 Å². The molecule has 5 nitrogen and oxygen atoms in total. The predicted octanol–water partition coefficient (Wildman–Crippen LogP) is 1.09. The van der Waals surface area contributed by atoms with Gasteiger partial charge in [0.1, 0.15) is 5.69 Å². The highest BCUT2D eigenvalue weighted by Gasteiger charge is 2.04. The summed E-state index contributed by atoms with van der Waals surface area (Å²) in [4.78, 5) is 0. The molecule has 0 bridgehead atoms. The first-order valence-electron chi connectivity index (χ1n) is 4.01. The Balaban J connectivity index is 0.000000980. The Bertz CT molecular complexity index is 395. The fourth-order valence-electron chi connectivity index (χ4n) is 1.22. The summed E-state index contributed by atoms with van der Waals surface area (Å²) in [5, 5.41) is 8.29. The molecule has 0 spiro atoms. The predicted molar refractivity (Wildman–Crippen MR) is 63.4 cm³/mol. The average molecular weight is 250 g/mol. The highest BCUT2D eigenvalue weighted by atomic mass is 35.5. The maximum atomic E-state index is 5.73. The van der Waals surface area contributed by atoms with E-state index in [9.17, 15) is 0 Å². The number of halogens is 2. The lowest BCUT2D eigenvalue weighted by molar-refractivity contribution is 0.651. The summed E-state index contributed by atoms with van der Waals surface area (Å²) in [7, 11) is 1.85. The van der Waals surface area contributed by atoms with Crippen molar-refractivity contribution >= 4 is 30.5 Å². The van der Waals surface area contributed by atoms with E-state index in [1.807, 2.05) is 19.3 Å². The molecule has 0 fully saturated rings. The van der Waals surface area contributed by atoms with Crippen molar-refractivity contribution in [3.8, 4) is 0 Å². The molecular weight excluding hydrogens is 237 g/mol. The van der Waals surface area contributed by atoms with Gasteiger partial charge in [0.2, 0.25) is 0 Å². The van der Waals surface area contributed by atoms with Gasteiger partial charge in [0, 0.05) is 25.6 Å². The van der Waals surface area contributed by atoms with E-state index >= 15 is 0 Å². The van der Waals surface area contributed by atoms with Crippen molar-refractivity contribution in [1.29, 1.82) is 0 Å². The smallest absolute Gasteiger partial charge is 0.107 e. The molecule has 0 aliphatic rings. The normalized spacial score (nSPS) is 9.13. The van der Waals surface area contributed by atoms with Crippen LogP contribution in [0.3, 0.4) is 0 Å². The van der Waals surface area contributed by atoms with Crippen molar-refractivity contribution in [1.82, 2.24) is 19.6 Å². The second-order valence-electron chi connectivity index (χ2n) is 2.91. The van der Waals surface area contributed by atoms with Crippen LogP contribution >= 0.6 is 24.8 Å². The number of aryl methyl sites for hydroxylation is 1. The Morgan fingerprint density at radius 1 is 1.40 bits per heavy atom. The van der Waals surface area contributed by atoms with Gasteiger partial charge in [-0.1, -0.05) is 0 Å². The molecule has 84 valence electrons. The number of hydrogen-bond donors (Lipinski definition) is 1. The van der Waals surface area contributed by atoms with E-state index < -0.39 is 0 Å². The van der Waals surface area contributed by atoms with Crippen LogP contribution in [0.1, 0.15) is 5.69 Å². The van der Waals surface area contributed by atoms with E-state index in [4.69, 9.17) is 5.73 Å². The van der Waals surface area contributed by atoms with Crippen LogP contribution in [0.15, 0.2) is 24.7 Å². The van der Waals surface area contributed by atoms with Crippen molar-refractivity contribution in [3.05, 3.63) is 30.4 Å². The molecule has 2 aromatic heterocycles. The summed E-state index contributed by atoms with van der Waals surface area (Å²) in [6.07, 6.45) is 5.41. The molecule has 2 heterocycles. The van der Waals surface area contributed by atoms with Crippen molar-refractivity contribution in [2.75, 3.05) is 5.73 Å². The zero-order valence-electron chi connectivity index (χ0n) is 8.20. The molecule has 0 amide bonds. The third-order valence-corrected chi connectivity index (χ3v) is 1.81. The highest BCUT2D eigenvalue weighted by molar-refractivity contribution is 5.85. The Hall–Kier alpha value is -1.20. The number of nitrogens with two attached hydrogens (primary N) is 1. The minimum absolute atomic E-state index is 0. The minimum atomic E-state index is 0. The first kappa shape index (κ1) is 13.8. The molecule has 0 aliphatic carbocycles. The first-order chi connectivity index (χ1) is 6.25. The molecule has 15 heavy (non-hydrogen) atoms. The molecule has 0 atom stereocenters. The molecule has 2 aromatic rings. The number of aromatic nitrogens is 4. The van der Waals surface area contributed by atoms with Crippen LogP contribution < -0.4 is 5.73 Å². The lowest BCUT2D eigenvalue weighted by Gasteiger charge is -1.97. The number of nitrogens with zero attached hydrogens (tertiary/aromatic N) is 4. The molecule has 2 N–H and O–H groups in total. The third kappa shape index (κ3) is 3.14. The Morgan fingerprint density at radius 3 is 2.60 bits per heavy atom. The average Bonchev–Trinajstić information content (AvgIpc) is 2.63. The lowest BCUT2D eigenvalue weighted by Crippen LogP contribution is -2.03. The first-order valence-corrected chi connectivity index (χ1v) is 4.01. The van der Waals surface area contributed by atoms with Gasteiger partial charge in [-0.3, -0.25) is 9.36 Å². The Labute approximate surface area is 100 Å². The van der Waals surface area contributed by atoms with Gasteiger partial charge in [-0.05, 0) is 6.07 Å². The van der Waals surface area contributed by atoms with Gasteiger partial charge in [0.25, 0.3) is 0 Å². The van der Waals surface area contributed by atoms with Crippen molar-refractivity contribution in [2.24, 2.45) is 7.05 Å². The molecule has 0 aliphatic heterocycles. The molecule has 7 heteroatoms. The number of anilines is 1. The van der Waals surface area contributed by atoms with E-state index in [1.165, 1.54) is 0 Å². The van der Waals surface area contributed by atoms with Gasteiger partial charge < -0.3 is 5.73 Å². The Morgan fingerprint density at radius 2 is 2.13 bits per heavy atom. The van der Waals surface area contributed by atoms with Crippen molar-refractivity contribution in [2.45, 2.75) is 6.54 Å². The Kier molecular flexibility index (Phi) is 5.18. The SMILES string of the molecule is Cl.Cl.Cn1cc(N)c(Cn2cccn2)n1. The van der Waals surface area contributed by atoms with Gasteiger partial charge in [-0.25, -0.2) is 0 Å². The minimum Gasteiger partial charge on any atom is -0.396 e. The quantitative estimate of drug-likeness (QED) is 0.867. The van der Waals surface area contributed by atoms with E-state index in [0.717, 1.165) is 5.69 Å². The molecular formula is C8H13Cl2N5. The van der Waals surface area contributed by atoms with Gasteiger partial charge in [0.05, 0.1) is 12.2 Å². The van der Waals surface area contributed by atoms with Gasteiger partial charge >= 0.3 is 0 Å². The zero-order valence-corrected chi connectivity index (χ0v) is 9.83. The fourth-order valence-corrected chi connectivity index (χ4v) is 1.22. The summed E-state index contributed by atoms with van der Waals surface area (Å²) in [6.45, 7) is 0.625. The molecule has 0 saturated carbocycles. The maximum Gasteiger partial charge on any atom is 0.107 e. The van der Waals surface area contributed by atoms with E-state index in [-0.39, 0.29) is 24.8 Å². The summed E-state index contributed by atoms with van der Waals surface area (Å²) in [5.74, 6) is 0. The van der Waals surface area contributed by atoms with Gasteiger partial charge in [-0.2, -0.15) is 10.2 Å². The molecule has 0 aromatic carbocycles. The largest absolute Gasteiger partial charge is 0.396 e. The maximum absolute atomic E-state index is 5.73. The van der Waals surface area contributed by atoms with Gasteiger partial charge in [0.15, 0.2) is 0 Å². The van der Waals surface area contributed by atoms with Crippen molar-refractivity contribution in [3.63, 3.8) is 0 Å². The van der Waals surface area contributed by atoms with E-state index in [1.54, 1.807) is 21.8 Å². The number of nitrogen functional groups attached to an aromatic ring is 1. The number of hydrogen-bond acceptors (Lipinski definition) is 3. The van der Waals surface area contributed by atoms with Crippen LogP contribution in [0.5, 0.6) is 0 Å². The standard InChI is InChI=1S/C8H11N5.2ClH/c1-12-5-7(9)8(11-12)6-13-4-2-3-10-13;;/h2-5H,6,9H2,1H3;2*1H. The topological polar surface area (TPSA) is 61.7 Å². The summed E-state index contributed by atoms with van der Waals surface area (Å²) in [5.41, 5.74) is 7.29. The van der Waals surface area contributed by atoms with Crippen LogP contribution in [0, 0.1) is 0 Å². The highest BCUT2D eigenvalue weighted by Crippen LogP contribution is 2.08. The molecule has 0 saturated heterocycles. The van der Waals surface area contributed by atoms with Crippen LogP contribution in [0.4, 0.5) is 5.69 Å². The monoisotopic (exact) mass is 249 g/mol. The van der Waals surface area contributed by atoms with Crippen LogP contribution in [-0.4, -0.2) is 19.6 Å². The second-order valence-corrected chi connectivity index (χ2v) is 2.91. The zero-order chi connectivity index (χ0) is 9.26. The van der Waals surface area contributed by atoms with Crippen LogP contribution in [-0.2, 0) is 13.6 Å². The summed E-state index contributed by atoms with van der Waals surface area (Å²) >= 11 is 0. The van der Waals surface area contributed by atoms with Crippen LogP contribution in [0.2, 0.25) is 0 Å². The van der Waals surface area contributed by atoms with E-state index in [2.05, 4.69) is 10.2 Å². The third-order valence-electron chi connectivity index (χ3n) is 1.81.